The minimum Gasteiger partial charge on any atom is -0.286 e. The van der Waals surface area contributed by atoms with E-state index in [1.54, 1.807) is 0 Å². The van der Waals surface area contributed by atoms with Crippen molar-refractivity contribution in [2.24, 2.45) is 47.3 Å². The van der Waals surface area contributed by atoms with Gasteiger partial charge in [-0.05, 0) is 92.8 Å². The molecule has 4 aliphatic carbocycles. The first-order valence-electron chi connectivity index (χ1n) is 18.5. The third-order valence-corrected chi connectivity index (χ3v) is 15.5. The fourth-order valence-corrected chi connectivity index (χ4v) is 13.6. The normalized spacial score (nSPS) is 54.3. The van der Waals surface area contributed by atoms with E-state index in [4.69, 9.17) is 0 Å². The first-order chi connectivity index (χ1) is 21.4. The van der Waals surface area contributed by atoms with Crippen LogP contribution in [0.2, 0.25) is 0 Å². The summed E-state index contributed by atoms with van der Waals surface area (Å²) in [5.74, 6) is 3.50. The molecule has 0 aromatic heterocycles. The van der Waals surface area contributed by atoms with Gasteiger partial charge in [-0.15, -0.1) is 0 Å². The summed E-state index contributed by atoms with van der Waals surface area (Å²) < 4.78 is 36.1. The van der Waals surface area contributed by atoms with Crippen LogP contribution in [-0.4, -0.2) is 67.5 Å². The molecule has 9 aliphatic rings. The molecule has 13 heteroatoms. The summed E-state index contributed by atoms with van der Waals surface area (Å²) in [6.07, 6.45) is 18.9. The number of fused-ring (bicyclic) bond motifs is 20. The molecule has 45 heavy (non-hydrogen) atoms. The Hall–Kier alpha value is 0.213. The fraction of sp³-hybridized carbons (Fsp3) is 1.00. The first-order valence-corrected chi connectivity index (χ1v) is 20.0. The average molecular weight is 736 g/mol. The number of nitrogens with one attached hydrogen (secondary N) is 8. The van der Waals surface area contributed by atoms with E-state index in [9.17, 15) is 13.0 Å². The van der Waals surface area contributed by atoms with Crippen LogP contribution in [0.4, 0.5) is 0 Å². The topological polar surface area (TPSA) is 151 Å². The van der Waals surface area contributed by atoms with Crippen molar-refractivity contribution in [1.29, 1.82) is 0 Å². The van der Waals surface area contributed by atoms with Crippen LogP contribution in [0.1, 0.15) is 96.3 Å². The summed E-state index contributed by atoms with van der Waals surface area (Å²) in [7, 11) is -4.16. The third kappa shape index (κ3) is 5.73. The largest absolute Gasteiger partial charge is 0.286 e. The molecule has 9 rings (SSSR count). The van der Waals surface area contributed by atoms with Crippen LogP contribution in [0.15, 0.2) is 0 Å². The zero-order valence-corrected chi connectivity index (χ0v) is 28.9. The van der Waals surface area contributed by atoms with Crippen molar-refractivity contribution in [1.82, 2.24) is 42.5 Å². The molecule has 1 radical (unpaired) electrons. The molecule has 11 nitrogen and oxygen atoms in total. The summed E-state index contributed by atoms with van der Waals surface area (Å²) >= 11 is 0. The smallest absolute Gasteiger partial charge is 0.268 e. The standard InChI is InChI=1S/C32H56N8O3S.Rh/c41-44(42,43)23-15-7-14-22-24(23)32-39-30-21-13-6-5-12-20(21)28(37-30)35-26-17-9-2-1-8-16(17)25(33-26)34-27-18-10-3-4-11-19(18)29(36-27)38-31(22)40-32;/h16-40H,1-15H2,(H,41,42,43);. The Balaban J connectivity index is 0.00000300. The molecule has 0 spiro atoms. The van der Waals surface area contributed by atoms with Crippen LogP contribution in [0.25, 0.3) is 0 Å². The molecular formula is C32H56N8O3RhS. The average Bonchev–Trinajstić information content (AvgIpc) is 3.76. The molecule has 9 N–H and O–H groups in total. The van der Waals surface area contributed by atoms with Crippen LogP contribution in [0, 0.1) is 47.3 Å². The Morgan fingerprint density at radius 2 is 0.644 bits per heavy atom. The van der Waals surface area contributed by atoms with Gasteiger partial charge in [0.1, 0.15) is 0 Å². The Kier molecular flexibility index (Phi) is 9.24. The van der Waals surface area contributed by atoms with Gasteiger partial charge < -0.3 is 0 Å². The van der Waals surface area contributed by atoms with E-state index in [0.717, 1.165) is 12.8 Å². The van der Waals surface area contributed by atoms with Crippen molar-refractivity contribution in [3.05, 3.63) is 0 Å². The van der Waals surface area contributed by atoms with Crippen molar-refractivity contribution < 1.29 is 32.4 Å². The second kappa shape index (κ2) is 12.8. The fourth-order valence-electron chi connectivity index (χ4n) is 12.3. The van der Waals surface area contributed by atoms with E-state index in [-0.39, 0.29) is 68.3 Å². The first kappa shape index (κ1) is 32.4. The van der Waals surface area contributed by atoms with Crippen LogP contribution < -0.4 is 42.5 Å². The van der Waals surface area contributed by atoms with Gasteiger partial charge >= 0.3 is 0 Å². The van der Waals surface area contributed by atoms with Crippen molar-refractivity contribution in [3.8, 4) is 0 Å². The van der Waals surface area contributed by atoms with E-state index < -0.39 is 15.4 Å². The number of hydrogen-bond acceptors (Lipinski definition) is 10. The number of hydrogen-bond donors (Lipinski definition) is 9. The van der Waals surface area contributed by atoms with E-state index in [1.165, 1.54) is 77.0 Å². The van der Waals surface area contributed by atoms with Gasteiger partial charge in [0.05, 0.1) is 54.6 Å². The predicted molar refractivity (Wildman–Crippen MR) is 168 cm³/mol. The molecule has 4 saturated carbocycles. The maximum Gasteiger partial charge on any atom is 0.268 e. The van der Waals surface area contributed by atoms with E-state index in [0.29, 0.717) is 54.3 Å². The summed E-state index contributed by atoms with van der Waals surface area (Å²) in [5, 5.41) is 31.8. The van der Waals surface area contributed by atoms with E-state index in [2.05, 4.69) is 42.5 Å². The van der Waals surface area contributed by atoms with Gasteiger partial charge in [-0.3, -0.25) is 47.1 Å². The molecule has 5 heterocycles. The van der Waals surface area contributed by atoms with Gasteiger partial charge in [-0.25, -0.2) is 0 Å². The van der Waals surface area contributed by atoms with Crippen LogP contribution in [0.3, 0.4) is 0 Å². The van der Waals surface area contributed by atoms with Gasteiger partial charge in [0.2, 0.25) is 0 Å². The van der Waals surface area contributed by atoms with Crippen molar-refractivity contribution in [3.63, 3.8) is 0 Å². The monoisotopic (exact) mass is 735 g/mol. The summed E-state index contributed by atoms with van der Waals surface area (Å²) in [4.78, 5) is 0. The molecule has 5 aliphatic heterocycles. The van der Waals surface area contributed by atoms with Crippen LogP contribution in [-0.2, 0) is 29.6 Å². The van der Waals surface area contributed by atoms with E-state index in [1.807, 2.05) is 0 Å². The molecule has 17 unspecified atom stereocenters. The van der Waals surface area contributed by atoms with Gasteiger partial charge in [-0.1, -0.05) is 44.9 Å². The second-order valence-corrected chi connectivity index (χ2v) is 17.9. The maximum absolute atomic E-state index is 12.8. The molecule has 257 valence electrons. The molecule has 9 fully saturated rings. The molecule has 0 aromatic rings. The number of rotatable bonds is 1. The van der Waals surface area contributed by atoms with Gasteiger partial charge in [-0.2, -0.15) is 8.42 Å². The zero-order chi connectivity index (χ0) is 29.6. The molecule has 0 amide bonds. The molecular weight excluding hydrogens is 679 g/mol. The summed E-state index contributed by atoms with van der Waals surface area (Å²) in [5.41, 5.74) is 0. The maximum atomic E-state index is 12.8. The predicted octanol–water partition coefficient (Wildman–Crippen LogP) is 1.47. The second-order valence-electron chi connectivity index (χ2n) is 16.2. The Morgan fingerprint density at radius 1 is 0.378 bits per heavy atom. The zero-order valence-electron chi connectivity index (χ0n) is 26.4. The van der Waals surface area contributed by atoms with Crippen molar-refractivity contribution >= 4 is 10.1 Å². The quantitative estimate of drug-likeness (QED) is 0.142. The Bertz CT molecular complexity index is 1180. The van der Waals surface area contributed by atoms with Gasteiger partial charge in [0, 0.05) is 25.4 Å². The minimum absolute atomic E-state index is 0. The van der Waals surface area contributed by atoms with Gasteiger partial charge in [0.15, 0.2) is 0 Å². The Morgan fingerprint density at radius 3 is 0.956 bits per heavy atom. The van der Waals surface area contributed by atoms with Gasteiger partial charge in [0.25, 0.3) is 10.1 Å². The van der Waals surface area contributed by atoms with Crippen molar-refractivity contribution in [2.75, 3.05) is 0 Å². The Labute approximate surface area is 282 Å². The third-order valence-electron chi connectivity index (χ3n) is 14.2. The van der Waals surface area contributed by atoms with Crippen LogP contribution >= 0.6 is 0 Å². The molecule has 5 saturated heterocycles. The van der Waals surface area contributed by atoms with Crippen molar-refractivity contribution in [2.45, 2.75) is 151 Å². The minimum atomic E-state index is -4.16. The molecule has 17 atom stereocenters. The summed E-state index contributed by atoms with van der Waals surface area (Å²) in [6, 6.07) is 0. The SMILES string of the molecule is O=S(=O)(O)C1CCCC2C3NC4NC(NC5NC(NC6NC(NC(N3)C21)C1CCCCC61)C1CCCCC51)C1CCCCC41.[Rh]. The molecule has 0 aromatic carbocycles. The van der Waals surface area contributed by atoms with E-state index >= 15 is 0 Å². The van der Waals surface area contributed by atoms with Crippen LogP contribution in [0.5, 0.6) is 0 Å². The summed E-state index contributed by atoms with van der Waals surface area (Å²) in [6.45, 7) is 0. The molecule has 8 bridgehead atoms.